The van der Waals surface area contributed by atoms with Crippen LogP contribution >= 0.6 is 0 Å². The number of nitrogens with zero attached hydrogens (tertiary/aromatic N) is 1. The van der Waals surface area contributed by atoms with Crippen molar-refractivity contribution in [2.24, 2.45) is 5.92 Å². The molecule has 0 radical (unpaired) electrons. The van der Waals surface area contributed by atoms with Crippen molar-refractivity contribution in [2.45, 2.75) is 25.7 Å². The molecular weight excluding hydrogens is 176 g/mol. The van der Waals surface area contributed by atoms with Gasteiger partial charge in [0.05, 0.1) is 5.56 Å². The van der Waals surface area contributed by atoms with Crippen molar-refractivity contribution in [3.8, 4) is 0 Å². The van der Waals surface area contributed by atoms with Gasteiger partial charge in [-0.2, -0.15) is 0 Å². The maximum absolute atomic E-state index is 11.9. The third-order valence-electron chi connectivity index (χ3n) is 2.85. The number of hydrogen-bond acceptors (Lipinski definition) is 3. The summed E-state index contributed by atoms with van der Waals surface area (Å²) in [4.78, 5) is 15.9. The Labute approximate surface area is 83.3 Å². The first-order valence-electron chi connectivity index (χ1n) is 5.03. The number of anilines is 1. The molecule has 0 aromatic carbocycles. The Morgan fingerprint density at radius 3 is 2.79 bits per heavy atom. The Bertz CT molecular complexity index is 343. The minimum atomic E-state index is 0.174. The van der Waals surface area contributed by atoms with E-state index < -0.39 is 0 Å². The van der Waals surface area contributed by atoms with Crippen LogP contribution < -0.4 is 5.73 Å². The van der Waals surface area contributed by atoms with Gasteiger partial charge in [0.2, 0.25) is 0 Å². The molecule has 1 aliphatic rings. The highest BCUT2D eigenvalue weighted by Crippen LogP contribution is 2.29. The summed E-state index contributed by atoms with van der Waals surface area (Å²) in [6, 6.07) is 1.68. The fourth-order valence-corrected chi connectivity index (χ4v) is 2.02. The van der Waals surface area contributed by atoms with Crippen LogP contribution in [0.1, 0.15) is 36.0 Å². The molecule has 2 rings (SSSR count). The summed E-state index contributed by atoms with van der Waals surface area (Å²) in [7, 11) is 0. The highest BCUT2D eigenvalue weighted by Gasteiger charge is 2.24. The lowest BCUT2D eigenvalue weighted by atomic mass is 9.96. The standard InChI is InChI=1S/C11H14N2O/c12-10-5-6-13-7-9(10)11(14)8-3-1-2-4-8/h5-8H,1-4H2,(H2,12,13). The molecule has 3 nitrogen and oxygen atoms in total. The second kappa shape index (κ2) is 3.78. The molecule has 0 aliphatic heterocycles. The normalized spacial score (nSPS) is 17.1. The second-order valence-electron chi connectivity index (χ2n) is 3.81. The summed E-state index contributed by atoms with van der Waals surface area (Å²) >= 11 is 0. The van der Waals surface area contributed by atoms with Crippen molar-refractivity contribution >= 4 is 11.5 Å². The van der Waals surface area contributed by atoms with Gasteiger partial charge in [-0.05, 0) is 18.9 Å². The molecule has 1 fully saturated rings. The molecule has 3 heteroatoms. The zero-order valence-corrected chi connectivity index (χ0v) is 8.07. The van der Waals surface area contributed by atoms with Crippen LogP contribution in [0.2, 0.25) is 0 Å². The molecule has 0 unspecified atom stereocenters. The molecule has 0 saturated heterocycles. The molecule has 0 amide bonds. The van der Waals surface area contributed by atoms with E-state index in [4.69, 9.17) is 5.73 Å². The summed E-state index contributed by atoms with van der Waals surface area (Å²) in [6.45, 7) is 0. The third-order valence-corrected chi connectivity index (χ3v) is 2.85. The minimum absolute atomic E-state index is 0.174. The van der Waals surface area contributed by atoms with Crippen LogP contribution in [0.5, 0.6) is 0 Å². The topological polar surface area (TPSA) is 56.0 Å². The number of hydrogen-bond donors (Lipinski definition) is 1. The number of pyridine rings is 1. The quantitative estimate of drug-likeness (QED) is 0.726. The van der Waals surface area contributed by atoms with Gasteiger partial charge in [-0.15, -0.1) is 0 Å². The number of rotatable bonds is 2. The van der Waals surface area contributed by atoms with E-state index in [0.29, 0.717) is 11.3 Å². The molecule has 1 heterocycles. The van der Waals surface area contributed by atoms with Crippen molar-refractivity contribution in [1.29, 1.82) is 0 Å². The van der Waals surface area contributed by atoms with E-state index in [1.807, 2.05) is 0 Å². The Hall–Kier alpha value is -1.38. The van der Waals surface area contributed by atoms with E-state index in [1.54, 1.807) is 18.5 Å². The van der Waals surface area contributed by atoms with E-state index >= 15 is 0 Å². The van der Waals surface area contributed by atoms with Crippen LogP contribution in [0.3, 0.4) is 0 Å². The number of Topliss-reactive ketones (excluding diaryl/α,β-unsaturated/α-hetero) is 1. The van der Waals surface area contributed by atoms with Gasteiger partial charge >= 0.3 is 0 Å². The van der Waals surface area contributed by atoms with Crippen LogP contribution in [-0.2, 0) is 0 Å². The van der Waals surface area contributed by atoms with Crippen molar-refractivity contribution in [2.75, 3.05) is 5.73 Å². The Morgan fingerprint density at radius 2 is 2.14 bits per heavy atom. The fourth-order valence-electron chi connectivity index (χ4n) is 2.02. The average Bonchev–Trinajstić information content (AvgIpc) is 2.70. The molecule has 1 aromatic heterocycles. The smallest absolute Gasteiger partial charge is 0.169 e. The third kappa shape index (κ3) is 1.62. The predicted molar refractivity (Wildman–Crippen MR) is 54.9 cm³/mol. The van der Waals surface area contributed by atoms with Gasteiger partial charge in [-0.25, -0.2) is 0 Å². The number of carbonyl (C=O) groups is 1. The molecule has 0 atom stereocenters. The Kier molecular flexibility index (Phi) is 2.48. The van der Waals surface area contributed by atoms with E-state index in [1.165, 1.54) is 0 Å². The summed E-state index contributed by atoms with van der Waals surface area (Å²) in [6.07, 6.45) is 7.53. The van der Waals surface area contributed by atoms with Crippen LogP contribution in [-0.4, -0.2) is 10.8 Å². The first kappa shape index (κ1) is 9.19. The highest BCUT2D eigenvalue weighted by molar-refractivity contribution is 6.01. The fraction of sp³-hybridized carbons (Fsp3) is 0.455. The molecule has 14 heavy (non-hydrogen) atoms. The zero-order chi connectivity index (χ0) is 9.97. The lowest BCUT2D eigenvalue weighted by Crippen LogP contribution is -2.13. The van der Waals surface area contributed by atoms with Crippen molar-refractivity contribution in [1.82, 2.24) is 4.98 Å². The summed E-state index contributed by atoms with van der Waals surface area (Å²) in [5, 5.41) is 0. The van der Waals surface area contributed by atoms with Crippen LogP contribution in [0.15, 0.2) is 18.5 Å². The molecule has 1 aromatic rings. The second-order valence-corrected chi connectivity index (χ2v) is 3.81. The predicted octanol–water partition coefficient (Wildman–Crippen LogP) is 2.04. The maximum Gasteiger partial charge on any atom is 0.169 e. The lowest BCUT2D eigenvalue weighted by molar-refractivity contribution is 0.0923. The number of nitrogens with two attached hydrogens (primary N) is 1. The summed E-state index contributed by atoms with van der Waals surface area (Å²) in [5.74, 6) is 0.356. The van der Waals surface area contributed by atoms with E-state index in [2.05, 4.69) is 4.98 Å². The molecule has 74 valence electrons. The first-order valence-corrected chi connectivity index (χ1v) is 5.03. The van der Waals surface area contributed by atoms with Crippen LogP contribution in [0.4, 0.5) is 5.69 Å². The first-order chi connectivity index (χ1) is 6.79. The Balaban J connectivity index is 2.22. The monoisotopic (exact) mass is 190 g/mol. The number of ketones is 1. The van der Waals surface area contributed by atoms with E-state index in [9.17, 15) is 4.79 Å². The van der Waals surface area contributed by atoms with E-state index in [-0.39, 0.29) is 11.7 Å². The molecular formula is C11H14N2O. The molecule has 0 bridgehead atoms. The van der Waals surface area contributed by atoms with Crippen molar-refractivity contribution < 1.29 is 4.79 Å². The average molecular weight is 190 g/mol. The number of nitrogen functional groups attached to an aromatic ring is 1. The highest BCUT2D eigenvalue weighted by atomic mass is 16.1. The molecule has 1 aliphatic carbocycles. The van der Waals surface area contributed by atoms with Crippen LogP contribution in [0.25, 0.3) is 0 Å². The van der Waals surface area contributed by atoms with Crippen LogP contribution in [0, 0.1) is 5.92 Å². The van der Waals surface area contributed by atoms with Gasteiger partial charge < -0.3 is 5.73 Å². The van der Waals surface area contributed by atoms with Gasteiger partial charge in [0.25, 0.3) is 0 Å². The van der Waals surface area contributed by atoms with Crippen molar-refractivity contribution in [3.05, 3.63) is 24.0 Å². The van der Waals surface area contributed by atoms with Gasteiger partial charge in [0.15, 0.2) is 5.78 Å². The van der Waals surface area contributed by atoms with Gasteiger partial charge in [0.1, 0.15) is 0 Å². The minimum Gasteiger partial charge on any atom is -0.398 e. The molecule has 1 saturated carbocycles. The SMILES string of the molecule is Nc1ccncc1C(=O)C1CCCC1. The summed E-state index contributed by atoms with van der Waals surface area (Å²) < 4.78 is 0. The Morgan fingerprint density at radius 1 is 1.43 bits per heavy atom. The van der Waals surface area contributed by atoms with Gasteiger partial charge in [-0.3, -0.25) is 9.78 Å². The zero-order valence-electron chi connectivity index (χ0n) is 8.07. The largest absolute Gasteiger partial charge is 0.398 e. The summed E-state index contributed by atoms with van der Waals surface area (Å²) in [5.41, 5.74) is 6.88. The molecule has 0 spiro atoms. The van der Waals surface area contributed by atoms with E-state index in [0.717, 1.165) is 25.7 Å². The van der Waals surface area contributed by atoms with Gasteiger partial charge in [-0.1, -0.05) is 12.8 Å². The number of aromatic nitrogens is 1. The maximum atomic E-state index is 11.9. The molecule has 2 N–H and O–H groups in total. The lowest BCUT2D eigenvalue weighted by Gasteiger charge is -2.08. The van der Waals surface area contributed by atoms with Crippen molar-refractivity contribution in [3.63, 3.8) is 0 Å². The number of carbonyl (C=O) groups excluding carboxylic acids is 1. The van der Waals surface area contributed by atoms with Gasteiger partial charge in [0, 0.05) is 24.0 Å².